The van der Waals surface area contributed by atoms with Crippen LogP contribution in [0.5, 0.6) is 0 Å². The number of nitrogens with one attached hydrogen (secondary N) is 3. The van der Waals surface area contributed by atoms with E-state index in [-0.39, 0.29) is 11.0 Å². The van der Waals surface area contributed by atoms with Gasteiger partial charge in [0.05, 0.1) is 11.2 Å². The van der Waals surface area contributed by atoms with E-state index in [4.69, 9.17) is 47.0 Å². The van der Waals surface area contributed by atoms with E-state index in [2.05, 4.69) is 20.9 Å². The van der Waals surface area contributed by atoms with Crippen LogP contribution in [0.1, 0.15) is 6.92 Å². The summed E-state index contributed by atoms with van der Waals surface area (Å²) in [6.45, 7) is 1.32. The second-order valence-electron chi connectivity index (χ2n) is 4.65. The summed E-state index contributed by atoms with van der Waals surface area (Å²) in [7, 11) is 0. The molecule has 1 aromatic heterocycles. The Morgan fingerprint density at radius 3 is 2.57 bits per heavy atom. The van der Waals surface area contributed by atoms with Crippen LogP contribution in [0.25, 0.3) is 10.9 Å². The number of fused-ring (bicyclic) bond motifs is 1. The predicted molar refractivity (Wildman–Crippen MR) is 99.0 cm³/mol. The molecule has 122 valence electrons. The van der Waals surface area contributed by atoms with Crippen LogP contribution >= 0.6 is 47.0 Å². The van der Waals surface area contributed by atoms with Crippen molar-refractivity contribution >= 4 is 74.6 Å². The number of thiocarbonyl (C=S) groups is 1. The topological polar surface area (TPSA) is 66.1 Å². The molecule has 0 unspecified atom stereocenters. The van der Waals surface area contributed by atoms with Crippen molar-refractivity contribution in [1.29, 1.82) is 0 Å². The standard InChI is InChI=1S/C14H13Cl3N4OS/c1-8(22)19-12(14(15,16)17)21-13(23)20-10-6-2-4-9-5-3-7-18-11(9)10/h2-7,12H,1H3,(H,19,22)(H2,20,21,23)/t12-/m0/s1. The number of benzene rings is 1. The Bertz CT molecular complexity index is 730. The normalized spacial score (nSPS) is 12.5. The van der Waals surface area contributed by atoms with Crippen molar-refractivity contribution in [1.82, 2.24) is 15.6 Å². The second kappa shape index (κ2) is 7.49. The lowest BCUT2D eigenvalue weighted by atomic mass is 10.2. The molecule has 1 aromatic carbocycles. The summed E-state index contributed by atoms with van der Waals surface area (Å²) in [6, 6.07) is 9.41. The highest BCUT2D eigenvalue weighted by molar-refractivity contribution is 7.80. The minimum atomic E-state index is -1.77. The SMILES string of the molecule is CC(=O)N[C@@H](NC(=S)Nc1cccc2cccnc12)C(Cl)(Cl)Cl. The molecule has 9 heteroatoms. The smallest absolute Gasteiger partial charge is 0.228 e. The molecule has 3 N–H and O–H groups in total. The minimum Gasteiger partial charge on any atom is -0.339 e. The first-order valence-corrected chi connectivity index (χ1v) is 8.06. The van der Waals surface area contributed by atoms with Gasteiger partial charge in [-0.2, -0.15) is 0 Å². The van der Waals surface area contributed by atoms with Gasteiger partial charge in [-0.15, -0.1) is 0 Å². The first-order chi connectivity index (χ1) is 10.8. The quantitative estimate of drug-likeness (QED) is 0.425. The molecular formula is C14H13Cl3N4OS. The van der Waals surface area contributed by atoms with Crippen molar-refractivity contribution in [2.24, 2.45) is 0 Å². The van der Waals surface area contributed by atoms with Gasteiger partial charge in [0, 0.05) is 18.5 Å². The Balaban J connectivity index is 2.15. The van der Waals surface area contributed by atoms with Gasteiger partial charge in [-0.3, -0.25) is 9.78 Å². The number of rotatable bonds is 3. The lowest BCUT2D eigenvalue weighted by Gasteiger charge is -2.27. The number of hydrogen-bond donors (Lipinski definition) is 3. The molecule has 1 heterocycles. The van der Waals surface area contributed by atoms with E-state index in [1.165, 1.54) is 6.92 Å². The number of alkyl halides is 3. The molecule has 5 nitrogen and oxygen atoms in total. The minimum absolute atomic E-state index is 0.188. The number of carbonyl (C=O) groups excluding carboxylic acids is 1. The van der Waals surface area contributed by atoms with E-state index in [0.29, 0.717) is 5.69 Å². The zero-order valence-corrected chi connectivity index (χ0v) is 15.0. The van der Waals surface area contributed by atoms with Crippen molar-refractivity contribution in [3.63, 3.8) is 0 Å². The van der Waals surface area contributed by atoms with Gasteiger partial charge in [0.1, 0.15) is 6.17 Å². The Hall–Kier alpha value is -1.34. The molecule has 0 fully saturated rings. The van der Waals surface area contributed by atoms with Crippen LogP contribution in [0, 0.1) is 0 Å². The molecule has 0 saturated carbocycles. The monoisotopic (exact) mass is 390 g/mol. The molecular weight excluding hydrogens is 379 g/mol. The molecule has 0 aliphatic carbocycles. The zero-order chi connectivity index (χ0) is 17.0. The fourth-order valence-electron chi connectivity index (χ4n) is 1.90. The van der Waals surface area contributed by atoms with Gasteiger partial charge >= 0.3 is 0 Å². The lowest BCUT2D eigenvalue weighted by molar-refractivity contribution is -0.119. The van der Waals surface area contributed by atoms with E-state index in [0.717, 1.165) is 10.9 Å². The molecule has 23 heavy (non-hydrogen) atoms. The van der Waals surface area contributed by atoms with Crippen LogP contribution in [-0.2, 0) is 4.79 Å². The summed E-state index contributed by atoms with van der Waals surface area (Å²) < 4.78 is -1.77. The Morgan fingerprint density at radius 2 is 1.91 bits per heavy atom. The number of anilines is 1. The van der Waals surface area contributed by atoms with Gasteiger partial charge in [-0.05, 0) is 24.4 Å². The molecule has 0 bridgehead atoms. The number of nitrogens with zero attached hydrogens (tertiary/aromatic N) is 1. The molecule has 1 atom stereocenters. The number of carbonyl (C=O) groups is 1. The van der Waals surface area contributed by atoms with Gasteiger partial charge in [0.25, 0.3) is 0 Å². The Kier molecular flexibility index (Phi) is 5.86. The van der Waals surface area contributed by atoms with Crippen molar-refractivity contribution in [2.75, 3.05) is 5.32 Å². The largest absolute Gasteiger partial charge is 0.339 e. The van der Waals surface area contributed by atoms with Crippen LogP contribution in [0.4, 0.5) is 5.69 Å². The van der Waals surface area contributed by atoms with E-state index in [1.807, 2.05) is 30.3 Å². The maximum absolute atomic E-state index is 11.2. The molecule has 0 aliphatic heterocycles. The summed E-state index contributed by atoms with van der Waals surface area (Å²) in [5, 5.41) is 9.39. The molecule has 1 amide bonds. The van der Waals surface area contributed by atoms with Crippen molar-refractivity contribution < 1.29 is 4.79 Å². The number of amides is 1. The first kappa shape index (κ1) is 18.0. The van der Waals surface area contributed by atoms with Gasteiger partial charge in [0.15, 0.2) is 5.11 Å². The van der Waals surface area contributed by atoms with Crippen LogP contribution in [0.2, 0.25) is 0 Å². The molecule has 2 rings (SSSR count). The number of halogens is 3. The average Bonchev–Trinajstić information content (AvgIpc) is 2.45. The first-order valence-electron chi connectivity index (χ1n) is 6.52. The number of para-hydroxylation sites is 1. The second-order valence-corrected chi connectivity index (χ2v) is 7.43. The predicted octanol–water partition coefficient (Wildman–Crippen LogP) is 3.35. The number of hydrogen-bond acceptors (Lipinski definition) is 3. The van der Waals surface area contributed by atoms with Crippen LogP contribution < -0.4 is 16.0 Å². The molecule has 0 aliphatic rings. The fourth-order valence-corrected chi connectivity index (χ4v) is 2.45. The summed E-state index contributed by atoms with van der Waals surface area (Å²) in [6.07, 6.45) is 0.707. The van der Waals surface area contributed by atoms with E-state index in [1.54, 1.807) is 6.20 Å². The molecule has 0 radical (unpaired) electrons. The maximum atomic E-state index is 11.2. The number of aromatic nitrogens is 1. The van der Waals surface area contributed by atoms with Crippen LogP contribution in [0.3, 0.4) is 0 Å². The van der Waals surface area contributed by atoms with Gasteiger partial charge < -0.3 is 16.0 Å². The summed E-state index contributed by atoms with van der Waals surface area (Å²) in [5.41, 5.74) is 1.45. The lowest BCUT2D eigenvalue weighted by Crippen LogP contribution is -2.55. The summed E-state index contributed by atoms with van der Waals surface area (Å²) in [5.74, 6) is -0.358. The highest BCUT2D eigenvalue weighted by Crippen LogP contribution is 2.29. The summed E-state index contributed by atoms with van der Waals surface area (Å²) in [4.78, 5) is 15.5. The van der Waals surface area contributed by atoms with Gasteiger partial charge in [0.2, 0.25) is 9.70 Å². The molecule has 2 aromatic rings. The summed E-state index contributed by atoms with van der Waals surface area (Å²) >= 11 is 22.7. The van der Waals surface area contributed by atoms with E-state index in [9.17, 15) is 4.79 Å². The van der Waals surface area contributed by atoms with Crippen molar-refractivity contribution in [2.45, 2.75) is 16.9 Å². The van der Waals surface area contributed by atoms with Gasteiger partial charge in [-0.1, -0.05) is 53.0 Å². The third-order valence-corrected chi connectivity index (χ3v) is 3.71. The van der Waals surface area contributed by atoms with Crippen LogP contribution in [0.15, 0.2) is 36.5 Å². The fraction of sp³-hybridized carbons (Fsp3) is 0.214. The highest BCUT2D eigenvalue weighted by atomic mass is 35.6. The van der Waals surface area contributed by atoms with Crippen LogP contribution in [-0.4, -0.2) is 26.0 Å². The average molecular weight is 392 g/mol. The third-order valence-electron chi connectivity index (χ3n) is 2.83. The van der Waals surface area contributed by atoms with E-state index >= 15 is 0 Å². The van der Waals surface area contributed by atoms with E-state index < -0.39 is 9.96 Å². The third kappa shape index (κ3) is 5.07. The number of pyridine rings is 1. The molecule has 0 spiro atoms. The molecule has 0 saturated heterocycles. The Morgan fingerprint density at radius 1 is 1.22 bits per heavy atom. The van der Waals surface area contributed by atoms with Crippen molar-refractivity contribution in [3.05, 3.63) is 36.5 Å². The highest BCUT2D eigenvalue weighted by Gasteiger charge is 2.34. The van der Waals surface area contributed by atoms with Crippen molar-refractivity contribution in [3.8, 4) is 0 Å². The van der Waals surface area contributed by atoms with Gasteiger partial charge in [-0.25, -0.2) is 0 Å². The maximum Gasteiger partial charge on any atom is 0.228 e. The Labute approximate surface area is 153 Å². The zero-order valence-electron chi connectivity index (χ0n) is 11.9.